The van der Waals surface area contributed by atoms with Gasteiger partial charge in [0.25, 0.3) is 0 Å². The van der Waals surface area contributed by atoms with Crippen LogP contribution >= 0.6 is 24.0 Å². The van der Waals surface area contributed by atoms with Crippen molar-refractivity contribution in [2.24, 2.45) is 4.99 Å². The molecular formula is C12H25IN4O. The lowest BCUT2D eigenvalue weighted by Crippen LogP contribution is -2.56. The lowest BCUT2D eigenvalue weighted by atomic mass is 10.0. The van der Waals surface area contributed by atoms with Crippen molar-refractivity contribution >= 4 is 29.9 Å². The summed E-state index contributed by atoms with van der Waals surface area (Å²) in [4.78, 5) is 9.11. The van der Waals surface area contributed by atoms with Gasteiger partial charge < -0.3 is 15.0 Å². The van der Waals surface area contributed by atoms with E-state index in [1.165, 1.54) is 0 Å². The number of rotatable bonds is 3. The van der Waals surface area contributed by atoms with Crippen molar-refractivity contribution in [2.75, 3.05) is 53.0 Å². The quantitative estimate of drug-likeness (QED) is 0.741. The lowest BCUT2D eigenvalue weighted by Gasteiger charge is -2.41. The van der Waals surface area contributed by atoms with Crippen LogP contribution in [0.5, 0.6) is 0 Å². The van der Waals surface area contributed by atoms with Crippen molar-refractivity contribution in [3.8, 4) is 0 Å². The normalized spacial score (nSPS) is 21.5. The number of nitrogens with zero attached hydrogens (tertiary/aromatic N) is 3. The average Bonchev–Trinajstić information content (AvgIpc) is 2.74. The van der Waals surface area contributed by atoms with Crippen LogP contribution < -0.4 is 5.32 Å². The Balaban J connectivity index is 0.00000162. The van der Waals surface area contributed by atoms with E-state index in [4.69, 9.17) is 4.74 Å². The van der Waals surface area contributed by atoms with Gasteiger partial charge in [-0.1, -0.05) is 0 Å². The highest BCUT2D eigenvalue weighted by Gasteiger charge is 2.28. The van der Waals surface area contributed by atoms with Gasteiger partial charge in [0, 0.05) is 38.8 Å². The zero-order chi connectivity index (χ0) is 12.3. The molecule has 106 valence electrons. The molecule has 0 aliphatic carbocycles. The monoisotopic (exact) mass is 368 g/mol. The minimum Gasteiger partial charge on any atom is -0.379 e. The first-order valence-electron chi connectivity index (χ1n) is 6.42. The van der Waals surface area contributed by atoms with E-state index < -0.39 is 0 Å². The fourth-order valence-corrected chi connectivity index (χ4v) is 2.30. The average molecular weight is 368 g/mol. The molecule has 0 aromatic rings. The second kappa shape index (κ2) is 6.91. The molecule has 0 spiro atoms. The van der Waals surface area contributed by atoms with Gasteiger partial charge >= 0.3 is 0 Å². The number of morpholine rings is 1. The third-order valence-electron chi connectivity index (χ3n) is 3.60. The Labute approximate surface area is 127 Å². The molecular weight excluding hydrogens is 343 g/mol. The molecule has 2 aliphatic rings. The van der Waals surface area contributed by atoms with Gasteiger partial charge in [-0.2, -0.15) is 0 Å². The van der Waals surface area contributed by atoms with E-state index in [-0.39, 0.29) is 29.5 Å². The molecule has 2 aliphatic heterocycles. The second-order valence-electron chi connectivity index (χ2n) is 5.39. The SMILES string of the molecule is CN1CCN=C1NCC(C)(C)N1CCOCC1.I. The number of hydrogen-bond acceptors (Lipinski definition) is 5. The van der Waals surface area contributed by atoms with Gasteiger partial charge in [-0.3, -0.25) is 9.89 Å². The van der Waals surface area contributed by atoms with Crippen LogP contribution in [0.2, 0.25) is 0 Å². The summed E-state index contributed by atoms with van der Waals surface area (Å²) in [6.07, 6.45) is 0. The molecule has 0 saturated carbocycles. The first-order chi connectivity index (χ1) is 8.09. The highest BCUT2D eigenvalue weighted by molar-refractivity contribution is 14.0. The Morgan fingerprint density at radius 2 is 1.94 bits per heavy atom. The molecule has 2 rings (SSSR count). The van der Waals surface area contributed by atoms with Crippen LogP contribution in [0.1, 0.15) is 13.8 Å². The summed E-state index contributed by atoms with van der Waals surface area (Å²) in [7, 11) is 2.08. The van der Waals surface area contributed by atoms with E-state index in [1.807, 2.05) is 0 Å². The van der Waals surface area contributed by atoms with Gasteiger partial charge in [0.05, 0.1) is 19.8 Å². The molecule has 5 nitrogen and oxygen atoms in total. The van der Waals surface area contributed by atoms with Crippen LogP contribution in [0.25, 0.3) is 0 Å². The van der Waals surface area contributed by atoms with E-state index >= 15 is 0 Å². The van der Waals surface area contributed by atoms with Crippen molar-refractivity contribution < 1.29 is 4.74 Å². The standard InChI is InChI=1S/C12H24N4O.HI/c1-12(2,16-6-8-17-9-7-16)10-14-11-13-4-5-15(11)3;/h4-10H2,1-3H3,(H,13,14);1H. The molecule has 0 bridgehead atoms. The van der Waals surface area contributed by atoms with E-state index in [9.17, 15) is 0 Å². The first-order valence-corrected chi connectivity index (χ1v) is 6.42. The molecule has 0 unspecified atom stereocenters. The minimum absolute atomic E-state index is 0. The molecule has 1 fully saturated rings. The van der Waals surface area contributed by atoms with Gasteiger partial charge in [-0.05, 0) is 13.8 Å². The summed E-state index contributed by atoms with van der Waals surface area (Å²) < 4.78 is 5.40. The van der Waals surface area contributed by atoms with Gasteiger partial charge in [0.15, 0.2) is 5.96 Å². The van der Waals surface area contributed by atoms with E-state index in [0.29, 0.717) is 0 Å². The van der Waals surface area contributed by atoms with Crippen LogP contribution in [0.3, 0.4) is 0 Å². The van der Waals surface area contributed by atoms with Crippen molar-refractivity contribution in [1.29, 1.82) is 0 Å². The van der Waals surface area contributed by atoms with Gasteiger partial charge in [-0.25, -0.2) is 0 Å². The third kappa shape index (κ3) is 3.96. The van der Waals surface area contributed by atoms with Gasteiger partial charge in [-0.15, -0.1) is 24.0 Å². The highest BCUT2D eigenvalue weighted by atomic mass is 127. The number of aliphatic imine (C=N–C) groups is 1. The number of nitrogens with one attached hydrogen (secondary N) is 1. The second-order valence-corrected chi connectivity index (χ2v) is 5.39. The zero-order valence-electron chi connectivity index (χ0n) is 11.6. The smallest absolute Gasteiger partial charge is 0.193 e. The van der Waals surface area contributed by atoms with Crippen LogP contribution in [0.15, 0.2) is 4.99 Å². The number of hydrogen-bond donors (Lipinski definition) is 1. The maximum absolute atomic E-state index is 5.40. The maximum atomic E-state index is 5.40. The van der Waals surface area contributed by atoms with Crippen LogP contribution in [0, 0.1) is 0 Å². The summed E-state index contributed by atoms with van der Waals surface area (Å²) in [5.74, 6) is 1.03. The number of halogens is 1. The summed E-state index contributed by atoms with van der Waals surface area (Å²) in [5.41, 5.74) is 0.149. The molecule has 0 amide bonds. The topological polar surface area (TPSA) is 40.1 Å². The van der Waals surface area contributed by atoms with Crippen LogP contribution in [-0.2, 0) is 4.74 Å². The number of likely N-dealkylation sites (N-methyl/N-ethyl adjacent to an activating group) is 1. The van der Waals surface area contributed by atoms with Crippen molar-refractivity contribution in [3.05, 3.63) is 0 Å². The molecule has 0 aromatic heterocycles. The molecule has 0 atom stereocenters. The predicted octanol–water partition coefficient (Wildman–Crippen LogP) is 0.606. The fraction of sp³-hybridized carbons (Fsp3) is 0.917. The van der Waals surface area contributed by atoms with E-state index in [0.717, 1.165) is 51.9 Å². The van der Waals surface area contributed by atoms with Crippen molar-refractivity contribution in [1.82, 2.24) is 15.1 Å². The summed E-state index contributed by atoms with van der Waals surface area (Å²) in [6.45, 7) is 11.2. The maximum Gasteiger partial charge on any atom is 0.193 e. The van der Waals surface area contributed by atoms with Crippen molar-refractivity contribution in [3.63, 3.8) is 0 Å². The largest absolute Gasteiger partial charge is 0.379 e. The summed E-state index contributed by atoms with van der Waals surface area (Å²) in [5, 5.41) is 3.46. The summed E-state index contributed by atoms with van der Waals surface area (Å²) in [6, 6.07) is 0. The Bertz CT molecular complexity index is 290. The molecule has 1 saturated heterocycles. The Morgan fingerprint density at radius 3 is 2.50 bits per heavy atom. The molecule has 18 heavy (non-hydrogen) atoms. The van der Waals surface area contributed by atoms with Crippen LogP contribution in [0.4, 0.5) is 0 Å². The number of ether oxygens (including phenoxy) is 1. The minimum atomic E-state index is 0. The van der Waals surface area contributed by atoms with Crippen molar-refractivity contribution in [2.45, 2.75) is 19.4 Å². The molecule has 1 N–H and O–H groups in total. The Hall–Kier alpha value is -0.0800. The Morgan fingerprint density at radius 1 is 1.28 bits per heavy atom. The zero-order valence-corrected chi connectivity index (χ0v) is 13.9. The van der Waals surface area contributed by atoms with E-state index in [1.54, 1.807) is 0 Å². The fourth-order valence-electron chi connectivity index (χ4n) is 2.30. The van der Waals surface area contributed by atoms with Gasteiger partial charge in [0.1, 0.15) is 0 Å². The number of guanidine groups is 1. The first kappa shape index (κ1) is 16.0. The summed E-state index contributed by atoms with van der Waals surface area (Å²) >= 11 is 0. The molecule has 2 heterocycles. The molecule has 6 heteroatoms. The Kier molecular flexibility index (Phi) is 6.13. The third-order valence-corrected chi connectivity index (χ3v) is 3.60. The predicted molar refractivity (Wildman–Crippen MR) is 84.8 cm³/mol. The molecule has 0 radical (unpaired) electrons. The van der Waals surface area contributed by atoms with Gasteiger partial charge in [0.2, 0.25) is 0 Å². The molecule has 0 aromatic carbocycles. The van der Waals surface area contributed by atoms with Crippen LogP contribution in [-0.4, -0.2) is 74.3 Å². The highest BCUT2D eigenvalue weighted by Crippen LogP contribution is 2.15. The van der Waals surface area contributed by atoms with E-state index in [2.05, 4.69) is 41.0 Å². The lowest BCUT2D eigenvalue weighted by molar-refractivity contribution is -0.00842.